The Labute approximate surface area is 163 Å². The number of rotatable bonds is 4. The molecule has 0 aromatic heterocycles. The van der Waals surface area contributed by atoms with Crippen LogP contribution in [0.3, 0.4) is 0 Å². The van der Waals surface area contributed by atoms with E-state index in [1.54, 1.807) is 0 Å². The number of urea groups is 1. The maximum absolute atomic E-state index is 12.5. The number of fused-ring (bicyclic) bond motifs is 2. The van der Waals surface area contributed by atoms with E-state index in [0.717, 1.165) is 58.7 Å². The summed E-state index contributed by atoms with van der Waals surface area (Å²) in [7, 11) is 0. The van der Waals surface area contributed by atoms with Gasteiger partial charge in [-0.1, -0.05) is 25.1 Å². The van der Waals surface area contributed by atoms with Crippen LogP contribution in [0.4, 0.5) is 10.5 Å². The van der Waals surface area contributed by atoms with Crippen LogP contribution in [-0.2, 0) is 10.2 Å². The summed E-state index contributed by atoms with van der Waals surface area (Å²) in [5.74, 6) is 0.648. The first-order valence-electron chi connectivity index (χ1n) is 10.6. The van der Waals surface area contributed by atoms with Gasteiger partial charge in [-0.3, -0.25) is 0 Å². The molecule has 2 amide bonds. The molecule has 1 N–H and O–H groups in total. The van der Waals surface area contributed by atoms with Crippen molar-refractivity contribution in [2.75, 3.05) is 44.3 Å². The van der Waals surface area contributed by atoms with Crippen LogP contribution in [0.25, 0.3) is 0 Å². The van der Waals surface area contributed by atoms with Gasteiger partial charge in [0, 0.05) is 55.8 Å². The second-order valence-corrected chi connectivity index (χ2v) is 8.65. The van der Waals surface area contributed by atoms with Crippen molar-refractivity contribution in [1.29, 1.82) is 0 Å². The largest absolute Gasteiger partial charge is 0.381 e. The van der Waals surface area contributed by atoms with E-state index in [0.29, 0.717) is 5.92 Å². The smallest absolute Gasteiger partial charge is 0.317 e. The Bertz CT molecular complexity index is 663. The van der Waals surface area contributed by atoms with Gasteiger partial charge in [0.25, 0.3) is 0 Å². The van der Waals surface area contributed by atoms with Crippen molar-refractivity contribution >= 4 is 11.7 Å². The molecule has 2 saturated heterocycles. The number of nitrogens with zero attached hydrogens (tertiary/aromatic N) is 2. The summed E-state index contributed by atoms with van der Waals surface area (Å²) in [6, 6.07) is 9.27. The van der Waals surface area contributed by atoms with Crippen LogP contribution in [0.2, 0.25) is 0 Å². The van der Waals surface area contributed by atoms with Crippen molar-refractivity contribution < 1.29 is 9.53 Å². The quantitative estimate of drug-likeness (QED) is 0.882. The topological polar surface area (TPSA) is 44.8 Å². The number of hydrogen-bond donors (Lipinski definition) is 1. The van der Waals surface area contributed by atoms with Crippen LogP contribution in [0.1, 0.15) is 45.1 Å². The van der Waals surface area contributed by atoms with Crippen LogP contribution in [0.15, 0.2) is 24.3 Å². The van der Waals surface area contributed by atoms with Crippen LogP contribution in [0, 0.1) is 5.92 Å². The highest BCUT2D eigenvalue weighted by atomic mass is 16.5. The van der Waals surface area contributed by atoms with E-state index >= 15 is 0 Å². The van der Waals surface area contributed by atoms with Crippen molar-refractivity contribution in [3.8, 4) is 0 Å². The number of ether oxygens (including phenoxy) is 1. The fraction of sp³-hybridized carbons (Fsp3) is 0.682. The van der Waals surface area contributed by atoms with Crippen molar-refractivity contribution in [1.82, 2.24) is 10.2 Å². The van der Waals surface area contributed by atoms with Crippen molar-refractivity contribution in [2.24, 2.45) is 5.92 Å². The first-order valence-corrected chi connectivity index (χ1v) is 10.6. The second kappa shape index (κ2) is 7.70. The molecule has 0 aliphatic carbocycles. The number of para-hydroxylation sites is 1. The van der Waals surface area contributed by atoms with Crippen molar-refractivity contribution in [2.45, 2.75) is 51.0 Å². The average molecular weight is 372 g/mol. The highest BCUT2D eigenvalue weighted by Gasteiger charge is 2.45. The van der Waals surface area contributed by atoms with Gasteiger partial charge in [0.2, 0.25) is 0 Å². The summed E-state index contributed by atoms with van der Waals surface area (Å²) in [5, 5.41) is 3.12. The average Bonchev–Trinajstić information content (AvgIpc) is 3.30. The highest BCUT2D eigenvalue weighted by Crippen LogP contribution is 2.47. The highest BCUT2D eigenvalue weighted by molar-refractivity contribution is 5.75. The minimum atomic E-state index is 0.102. The number of anilines is 1. The number of hydrogen-bond acceptors (Lipinski definition) is 3. The third kappa shape index (κ3) is 3.66. The summed E-state index contributed by atoms with van der Waals surface area (Å²) in [6.45, 7) is 9.85. The molecule has 148 valence electrons. The van der Waals surface area contributed by atoms with Gasteiger partial charge in [0.15, 0.2) is 0 Å². The Balaban J connectivity index is 1.45. The lowest BCUT2D eigenvalue weighted by Crippen LogP contribution is -2.51. The fourth-order valence-electron chi connectivity index (χ4n) is 4.90. The first kappa shape index (κ1) is 18.6. The van der Waals surface area contributed by atoms with E-state index in [2.05, 4.69) is 48.3 Å². The molecule has 0 unspecified atom stereocenters. The fourth-order valence-corrected chi connectivity index (χ4v) is 4.90. The van der Waals surface area contributed by atoms with Gasteiger partial charge in [0.1, 0.15) is 0 Å². The second-order valence-electron chi connectivity index (χ2n) is 8.65. The van der Waals surface area contributed by atoms with Gasteiger partial charge in [0.05, 0.1) is 6.61 Å². The monoisotopic (exact) mass is 371 g/mol. The molecular formula is C22H33N3O2. The Morgan fingerprint density at radius 1 is 1.33 bits per heavy atom. The molecule has 4 rings (SSSR count). The summed E-state index contributed by atoms with van der Waals surface area (Å²) in [4.78, 5) is 17.1. The van der Waals surface area contributed by atoms with E-state index in [1.807, 2.05) is 4.90 Å². The maximum atomic E-state index is 12.5. The molecule has 2 fully saturated rings. The molecular weight excluding hydrogens is 338 g/mol. The van der Waals surface area contributed by atoms with Gasteiger partial charge >= 0.3 is 6.03 Å². The van der Waals surface area contributed by atoms with E-state index < -0.39 is 0 Å². The van der Waals surface area contributed by atoms with Crippen molar-refractivity contribution in [3.63, 3.8) is 0 Å². The zero-order chi connectivity index (χ0) is 18.9. The zero-order valence-corrected chi connectivity index (χ0v) is 16.7. The minimum absolute atomic E-state index is 0.102. The molecule has 3 aliphatic heterocycles. The molecule has 0 bridgehead atoms. The van der Waals surface area contributed by atoms with Gasteiger partial charge in [-0.15, -0.1) is 0 Å². The number of piperidine rings is 1. The SMILES string of the molecule is CC[C@@H](C)NC(=O)N1CCC2(CC1)CN(C[C@@H]1CCOC1)c1ccccc12. The Morgan fingerprint density at radius 2 is 2.11 bits per heavy atom. The molecule has 1 aromatic carbocycles. The maximum Gasteiger partial charge on any atom is 0.317 e. The molecule has 5 nitrogen and oxygen atoms in total. The third-order valence-electron chi connectivity index (χ3n) is 6.80. The molecule has 2 atom stereocenters. The zero-order valence-electron chi connectivity index (χ0n) is 16.7. The van der Waals surface area contributed by atoms with Crippen molar-refractivity contribution in [3.05, 3.63) is 29.8 Å². The summed E-state index contributed by atoms with van der Waals surface area (Å²) in [6.07, 6.45) is 4.25. The molecule has 3 aliphatic rings. The van der Waals surface area contributed by atoms with E-state index in [-0.39, 0.29) is 17.5 Å². The number of carbonyl (C=O) groups is 1. The van der Waals surface area contributed by atoms with Gasteiger partial charge < -0.3 is 19.9 Å². The molecule has 0 radical (unpaired) electrons. The lowest BCUT2D eigenvalue weighted by Gasteiger charge is -2.40. The number of nitrogens with one attached hydrogen (secondary N) is 1. The van der Waals surface area contributed by atoms with Gasteiger partial charge in [-0.25, -0.2) is 4.79 Å². The van der Waals surface area contributed by atoms with E-state index in [1.165, 1.54) is 17.7 Å². The minimum Gasteiger partial charge on any atom is -0.381 e. The Kier molecular flexibility index (Phi) is 5.31. The molecule has 5 heteroatoms. The summed E-state index contributed by atoms with van der Waals surface area (Å²) in [5.41, 5.74) is 3.09. The lowest BCUT2D eigenvalue weighted by atomic mass is 9.74. The molecule has 0 saturated carbocycles. The number of amides is 2. The Morgan fingerprint density at radius 3 is 2.81 bits per heavy atom. The third-order valence-corrected chi connectivity index (χ3v) is 6.80. The normalized spacial score (nSPS) is 24.9. The summed E-state index contributed by atoms with van der Waals surface area (Å²) < 4.78 is 5.60. The first-order chi connectivity index (χ1) is 13.1. The predicted octanol–water partition coefficient (Wildman–Crippen LogP) is 3.38. The van der Waals surface area contributed by atoms with E-state index in [4.69, 9.17) is 4.74 Å². The van der Waals surface area contributed by atoms with Gasteiger partial charge in [-0.05, 0) is 44.2 Å². The predicted molar refractivity (Wildman–Crippen MR) is 108 cm³/mol. The van der Waals surface area contributed by atoms with Gasteiger partial charge in [-0.2, -0.15) is 0 Å². The Hall–Kier alpha value is -1.75. The van der Waals surface area contributed by atoms with E-state index in [9.17, 15) is 4.79 Å². The lowest BCUT2D eigenvalue weighted by molar-refractivity contribution is 0.158. The van der Waals surface area contributed by atoms with Crippen LogP contribution in [-0.4, -0.2) is 56.4 Å². The van der Waals surface area contributed by atoms with Crippen LogP contribution >= 0.6 is 0 Å². The standard InChI is InChI=1S/C22H33N3O2/c1-3-17(2)23-21(26)24-11-9-22(10-12-24)16-25(14-18-8-13-27-15-18)20-7-5-4-6-19(20)22/h4-7,17-18H,3,8-16H2,1-2H3,(H,23,26)/t17-,18+/m1/s1. The van der Waals surface area contributed by atoms with Crippen LogP contribution in [0.5, 0.6) is 0 Å². The molecule has 27 heavy (non-hydrogen) atoms. The summed E-state index contributed by atoms with van der Waals surface area (Å²) >= 11 is 0. The van der Waals surface area contributed by atoms with Crippen LogP contribution < -0.4 is 10.2 Å². The number of benzene rings is 1. The molecule has 1 spiro atoms. The number of likely N-dealkylation sites (tertiary alicyclic amines) is 1. The molecule has 1 aromatic rings. The number of carbonyl (C=O) groups excluding carboxylic acids is 1. The molecule has 3 heterocycles.